The monoisotopic (exact) mass is 459 g/mol. The van der Waals surface area contributed by atoms with Gasteiger partial charge in [0.2, 0.25) is 10.0 Å². The predicted molar refractivity (Wildman–Crippen MR) is 118 cm³/mol. The third kappa shape index (κ3) is 5.54. The van der Waals surface area contributed by atoms with E-state index in [2.05, 4.69) is 0 Å². The minimum Gasteiger partial charge on any atom is -0.486 e. The van der Waals surface area contributed by atoms with Gasteiger partial charge in [-0.05, 0) is 42.0 Å². The molecule has 8 nitrogen and oxygen atoms in total. The van der Waals surface area contributed by atoms with Crippen molar-refractivity contribution < 1.29 is 32.2 Å². The van der Waals surface area contributed by atoms with Crippen molar-refractivity contribution in [3.05, 3.63) is 59.7 Å². The first-order valence-electron chi connectivity index (χ1n) is 10.2. The highest BCUT2D eigenvalue weighted by Gasteiger charge is 2.21. The van der Waals surface area contributed by atoms with Crippen molar-refractivity contribution in [3.63, 3.8) is 0 Å². The zero-order chi connectivity index (χ0) is 23.1. The molecule has 1 aliphatic rings. The third-order valence-electron chi connectivity index (χ3n) is 4.84. The largest absolute Gasteiger partial charge is 0.486 e. The number of ketones is 1. The van der Waals surface area contributed by atoms with Crippen LogP contribution < -0.4 is 9.47 Å². The van der Waals surface area contributed by atoms with E-state index in [-0.39, 0.29) is 10.7 Å². The summed E-state index contributed by atoms with van der Waals surface area (Å²) in [4.78, 5) is 24.4. The van der Waals surface area contributed by atoms with Crippen LogP contribution in [-0.4, -0.2) is 57.4 Å². The lowest BCUT2D eigenvalue weighted by molar-refractivity contribution is -0.136. The molecule has 0 spiro atoms. The predicted octanol–water partition coefficient (Wildman–Crippen LogP) is 2.93. The van der Waals surface area contributed by atoms with Gasteiger partial charge in [-0.15, -0.1) is 0 Å². The number of fused-ring (bicyclic) bond motifs is 1. The normalized spacial score (nSPS) is 13.3. The van der Waals surface area contributed by atoms with E-state index in [1.165, 1.54) is 28.6 Å². The first kappa shape index (κ1) is 23.5. The van der Waals surface area contributed by atoms with E-state index in [1.807, 2.05) is 0 Å². The van der Waals surface area contributed by atoms with E-state index in [4.69, 9.17) is 14.2 Å². The Labute approximate surface area is 187 Å². The van der Waals surface area contributed by atoms with Crippen molar-refractivity contribution >= 4 is 27.9 Å². The van der Waals surface area contributed by atoms with Gasteiger partial charge in [-0.1, -0.05) is 26.0 Å². The number of benzene rings is 2. The fraction of sp³-hybridized carbons (Fsp3) is 0.304. The van der Waals surface area contributed by atoms with Gasteiger partial charge in [0, 0.05) is 24.7 Å². The van der Waals surface area contributed by atoms with Gasteiger partial charge < -0.3 is 14.2 Å². The lowest BCUT2D eigenvalue weighted by Crippen LogP contribution is -2.30. The first-order valence-corrected chi connectivity index (χ1v) is 11.7. The number of carbonyl (C=O) groups excluding carboxylic acids is 2. The molecule has 0 aromatic heterocycles. The van der Waals surface area contributed by atoms with Crippen LogP contribution in [0.3, 0.4) is 0 Å². The first-order chi connectivity index (χ1) is 15.3. The average molecular weight is 460 g/mol. The molecule has 32 heavy (non-hydrogen) atoms. The molecule has 0 bridgehead atoms. The molecule has 1 aliphatic heterocycles. The molecule has 0 N–H and O–H groups in total. The molecule has 170 valence electrons. The number of carbonyl (C=O) groups is 2. The number of sulfonamides is 1. The smallest absolute Gasteiger partial charge is 0.331 e. The molecule has 0 radical (unpaired) electrons. The highest BCUT2D eigenvalue weighted by Crippen LogP contribution is 2.30. The van der Waals surface area contributed by atoms with Gasteiger partial charge in [0.25, 0.3) is 0 Å². The summed E-state index contributed by atoms with van der Waals surface area (Å²) in [6, 6.07) is 11.0. The Hall–Kier alpha value is -3.17. The van der Waals surface area contributed by atoms with Gasteiger partial charge in [-0.25, -0.2) is 13.2 Å². The van der Waals surface area contributed by atoms with Crippen LogP contribution >= 0.6 is 0 Å². The molecule has 0 aliphatic carbocycles. The maximum atomic E-state index is 12.5. The van der Waals surface area contributed by atoms with Crippen LogP contribution in [-0.2, 0) is 19.6 Å². The summed E-state index contributed by atoms with van der Waals surface area (Å²) in [5, 5.41) is 0. The molecule has 9 heteroatoms. The number of nitrogens with zero attached hydrogens (tertiary/aromatic N) is 1. The second-order valence-corrected chi connectivity index (χ2v) is 8.82. The van der Waals surface area contributed by atoms with Crippen molar-refractivity contribution in [2.24, 2.45) is 0 Å². The van der Waals surface area contributed by atoms with Crippen LogP contribution in [0.1, 0.15) is 29.8 Å². The fourth-order valence-electron chi connectivity index (χ4n) is 3.11. The number of esters is 1. The van der Waals surface area contributed by atoms with E-state index in [0.717, 1.165) is 0 Å². The second kappa shape index (κ2) is 10.4. The topological polar surface area (TPSA) is 99.2 Å². The minimum absolute atomic E-state index is 0.186. The second-order valence-electron chi connectivity index (χ2n) is 6.88. The standard InChI is InChI=1S/C23H25NO7S/c1-3-24(4-2)32(27,28)19-9-5-17(6-10-19)7-12-23(26)31-16-20(25)18-8-11-21-22(15-18)30-14-13-29-21/h5-12,15H,3-4,13-14,16H2,1-2H3. The van der Waals surface area contributed by atoms with Crippen LogP contribution in [0.5, 0.6) is 11.5 Å². The average Bonchev–Trinajstić information content (AvgIpc) is 2.81. The van der Waals surface area contributed by atoms with E-state index in [9.17, 15) is 18.0 Å². The van der Waals surface area contributed by atoms with Gasteiger partial charge in [-0.2, -0.15) is 4.31 Å². The number of rotatable bonds is 9. The van der Waals surface area contributed by atoms with E-state index < -0.39 is 22.6 Å². The summed E-state index contributed by atoms with van der Waals surface area (Å²) in [5.41, 5.74) is 0.981. The van der Waals surface area contributed by atoms with Gasteiger partial charge in [-0.3, -0.25) is 4.79 Å². The number of ether oxygens (including phenoxy) is 3. The molecular weight excluding hydrogens is 434 g/mol. The zero-order valence-corrected chi connectivity index (χ0v) is 18.8. The molecule has 0 saturated heterocycles. The Morgan fingerprint density at radius 2 is 1.66 bits per heavy atom. The van der Waals surface area contributed by atoms with Crippen LogP contribution in [0.25, 0.3) is 6.08 Å². The van der Waals surface area contributed by atoms with Crippen molar-refractivity contribution in [1.82, 2.24) is 4.31 Å². The Morgan fingerprint density at radius 1 is 1.00 bits per heavy atom. The Bertz CT molecular complexity index is 1100. The zero-order valence-electron chi connectivity index (χ0n) is 17.9. The van der Waals surface area contributed by atoms with Gasteiger partial charge in [0.1, 0.15) is 13.2 Å². The van der Waals surface area contributed by atoms with Gasteiger partial charge in [0.05, 0.1) is 4.90 Å². The number of hydrogen-bond acceptors (Lipinski definition) is 7. The summed E-state index contributed by atoms with van der Waals surface area (Å²) in [5.74, 6) is 0.00818. The Balaban J connectivity index is 1.56. The third-order valence-corrected chi connectivity index (χ3v) is 6.91. The van der Waals surface area contributed by atoms with Crippen molar-refractivity contribution in [1.29, 1.82) is 0 Å². The number of Topliss-reactive ketones (excluding diaryl/α,β-unsaturated/α-hetero) is 1. The van der Waals surface area contributed by atoms with Gasteiger partial charge in [0.15, 0.2) is 23.9 Å². The molecule has 2 aromatic carbocycles. The molecular formula is C23H25NO7S. The molecule has 0 amide bonds. The summed E-state index contributed by atoms with van der Waals surface area (Å²) >= 11 is 0. The van der Waals surface area contributed by atoms with Crippen molar-refractivity contribution in [3.8, 4) is 11.5 Å². The molecule has 0 unspecified atom stereocenters. The quantitative estimate of drug-likeness (QED) is 0.323. The van der Waals surface area contributed by atoms with E-state index in [1.54, 1.807) is 44.2 Å². The van der Waals surface area contributed by atoms with Crippen LogP contribution in [0.15, 0.2) is 53.4 Å². The maximum Gasteiger partial charge on any atom is 0.331 e. The summed E-state index contributed by atoms with van der Waals surface area (Å²) in [6.07, 6.45) is 2.68. The molecule has 3 rings (SSSR count). The summed E-state index contributed by atoms with van der Waals surface area (Å²) in [7, 11) is -3.54. The minimum atomic E-state index is -3.54. The highest BCUT2D eigenvalue weighted by atomic mass is 32.2. The molecule has 0 fully saturated rings. The lowest BCUT2D eigenvalue weighted by atomic mass is 10.1. The van der Waals surface area contributed by atoms with Crippen molar-refractivity contribution in [2.75, 3.05) is 32.9 Å². The maximum absolute atomic E-state index is 12.5. The van der Waals surface area contributed by atoms with Crippen LogP contribution in [0.4, 0.5) is 0 Å². The van der Waals surface area contributed by atoms with Crippen LogP contribution in [0.2, 0.25) is 0 Å². The Morgan fingerprint density at radius 3 is 2.31 bits per heavy atom. The van der Waals surface area contributed by atoms with E-state index >= 15 is 0 Å². The highest BCUT2D eigenvalue weighted by molar-refractivity contribution is 7.89. The molecule has 0 atom stereocenters. The summed E-state index contributed by atoms with van der Waals surface area (Å²) in [6.45, 7) is 4.79. The Kier molecular flexibility index (Phi) is 7.66. The van der Waals surface area contributed by atoms with Gasteiger partial charge >= 0.3 is 5.97 Å². The fourth-order valence-corrected chi connectivity index (χ4v) is 4.57. The van der Waals surface area contributed by atoms with Crippen LogP contribution in [0, 0.1) is 0 Å². The summed E-state index contributed by atoms with van der Waals surface area (Å²) < 4.78 is 42.2. The molecule has 2 aromatic rings. The SMILES string of the molecule is CCN(CC)S(=O)(=O)c1ccc(C=CC(=O)OCC(=O)c2ccc3c(c2)OCCO3)cc1. The number of hydrogen-bond donors (Lipinski definition) is 0. The van der Waals surface area contributed by atoms with E-state index in [0.29, 0.717) is 48.9 Å². The lowest BCUT2D eigenvalue weighted by Gasteiger charge is -2.18. The molecule has 1 heterocycles. The molecule has 0 saturated carbocycles. The van der Waals surface area contributed by atoms with Crippen molar-refractivity contribution in [2.45, 2.75) is 18.7 Å².